The largest absolute Gasteiger partial charge is 0.353 e. The van der Waals surface area contributed by atoms with E-state index in [4.69, 9.17) is 5.73 Å². The Bertz CT molecular complexity index is 205. The van der Waals surface area contributed by atoms with Gasteiger partial charge in [0.25, 0.3) is 0 Å². The monoisotopic (exact) mass is 198 g/mol. The topological polar surface area (TPSA) is 55.1 Å². The summed E-state index contributed by atoms with van der Waals surface area (Å²) in [5.74, 6) is 0.894. The third-order valence-corrected chi connectivity index (χ3v) is 3.49. The molecule has 1 saturated carbocycles. The van der Waals surface area contributed by atoms with Gasteiger partial charge in [-0.2, -0.15) is 0 Å². The second kappa shape index (κ2) is 4.30. The van der Waals surface area contributed by atoms with Gasteiger partial charge in [-0.3, -0.25) is 4.79 Å². The van der Waals surface area contributed by atoms with E-state index < -0.39 is 0 Å². The van der Waals surface area contributed by atoms with Crippen molar-refractivity contribution in [3.8, 4) is 0 Å². The molecule has 0 spiro atoms. The maximum absolute atomic E-state index is 11.8. The van der Waals surface area contributed by atoms with Gasteiger partial charge in [-0.15, -0.1) is 0 Å². The second-order valence-electron chi connectivity index (χ2n) is 4.87. The van der Waals surface area contributed by atoms with Crippen LogP contribution in [-0.2, 0) is 4.79 Å². The minimum Gasteiger partial charge on any atom is -0.353 e. The average molecular weight is 198 g/mol. The van der Waals surface area contributed by atoms with Crippen LogP contribution >= 0.6 is 0 Å². The molecule has 1 unspecified atom stereocenters. The molecule has 14 heavy (non-hydrogen) atoms. The lowest BCUT2D eigenvalue weighted by atomic mass is 9.80. The van der Waals surface area contributed by atoms with E-state index in [2.05, 4.69) is 12.2 Å². The number of hydrogen-bond donors (Lipinski definition) is 2. The molecule has 3 nitrogen and oxygen atoms in total. The molecular weight excluding hydrogens is 176 g/mol. The minimum absolute atomic E-state index is 0.124. The first-order valence-electron chi connectivity index (χ1n) is 5.53. The van der Waals surface area contributed by atoms with Crippen molar-refractivity contribution in [3.63, 3.8) is 0 Å². The van der Waals surface area contributed by atoms with Crippen molar-refractivity contribution in [1.82, 2.24) is 5.32 Å². The van der Waals surface area contributed by atoms with E-state index in [1.165, 1.54) is 0 Å². The molecule has 0 aliphatic heterocycles. The Morgan fingerprint density at radius 1 is 1.57 bits per heavy atom. The molecule has 1 amide bonds. The Labute approximate surface area is 86.4 Å². The zero-order valence-electron chi connectivity index (χ0n) is 9.47. The first-order valence-corrected chi connectivity index (χ1v) is 5.53. The lowest BCUT2D eigenvalue weighted by Gasteiger charge is -2.36. The fourth-order valence-electron chi connectivity index (χ4n) is 1.78. The normalized spacial score (nSPS) is 30.3. The van der Waals surface area contributed by atoms with Gasteiger partial charge in [-0.25, -0.2) is 0 Å². The Kier molecular flexibility index (Phi) is 3.53. The van der Waals surface area contributed by atoms with E-state index in [1.807, 2.05) is 13.8 Å². The molecule has 0 saturated heterocycles. The van der Waals surface area contributed by atoms with E-state index in [1.54, 1.807) is 0 Å². The van der Waals surface area contributed by atoms with Gasteiger partial charge in [0.1, 0.15) is 0 Å². The van der Waals surface area contributed by atoms with Crippen LogP contribution in [0.4, 0.5) is 0 Å². The molecule has 0 radical (unpaired) electrons. The molecule has 82 valence electrons. The zero-order valence-corrected chi connectivity index (χ0v) is 9.47. The lowest BCUT2D eigenvalue weighted by Crippen LogP contribution is -2.51. The minimum atomic E-state index is -0.376. The van der Waals surface area contributed by atoms with Crippen LogP contribution in [-0.4, -0.2) is 18.5 Å². The van der Waals surface area contributed by atoms with Crippen LogP contribution in [0.2, 0.25) is 0 Å². The summed E-state index contributed by atoms with van der Waals surface area (Å²) in [6.07, 6.45) is 3.05. The van der Waals surface area contributed by atoms with Crippen molar-refractivity contribution in [2.24, 2.45) is 17.1 Å². The van der Waals surface area contributed by atoms with Crippen LogP contribution in [0.5, 0.6) is 0 Å². The second-order valence-corrected chi connectivity index (χ2v) is 4.87. The molecule has 0 bridgehead atoms. The van der Waals surface area contributed by atoms with E-state index in [-0.39, 0.29) is 11.3 Å². The summed E-state index contributed by atoms with van der Waals surface area (Å²) < 4.78 is 0. The van der Waals surface area contributed by atoms with Gasteiger partial charge in [0.15, 0.2) is 0 Å². The summed E-state index contributed by atoms with van der Waals surface area (Å²) in [4.78, 5) is 11.8. The predicted molar refractivity (Wildman–Crippen MR) is 57.8 cm³/mol. The standard InChI is InChI=1S/C11H22N2O/c1-4-11(3,7-12)10(14)13-9-5-8(2)6-9/h8-9H,4-7,12H2,1-3H3,(H,13,14). The molecule has 0 heterocycles. The Morgan fingerprint density at radius 3 is 2.50 bits per heavy atom. The molecule has 0 aromatic heterocycles. The van der Waals surface area contributed by atoms with Crippen molar-refractivity contribution in [3.05, 3.63) is 0 Å². The summed E-state index contributed by atoms with van der Waals surface area (Å²) in [7, 11) is 0. The zero-order chi connectivity index (χ0) is 10.8. The van der Waals surface area contributed by atoms with Crippen molar-refractivity contribution >= 4 is 5.91 Å². The van der Waals surface area contributed by atoms with Crippen molar-refractivity contribution in [1.29, 1.82) is 0 Å². The third kappa shape index (κ3) is 2.27. The number of amides is 1. The average Bonchev–Trinajstić information content (AvgIpc) is 2.14. The SMILES string of the molecule is CCC(C)(CN)C(=O)NC1CC(C)C1. The molecule has 0 aromatic carbocycles. The van der Waals surface area contributed by atoms with Crippen LogP contribution in [0.15, 0.2) is 0 Å². The maximum atomic E-state index is 11.8. The smallest absolute Gasteiger partial charge is 0.227 e. The van der Waals surface area contributed by atoms with Gasteiger partial charge in [0, 0.05) is 12.6 Å². The molecule has 3 N–H and O–H groups in total. The van der Waals surface area contributed by atoms with Crippen LogP contribution in [0, 0.1) is 11.3 Å². The highest BCUT2D eigenvalue weighted by Gasteiger charge is 2.34. The van der Waals surface area contributed by atoms with Crippen LogP contribution in [0.25, 0.3) is 0 Å². The highest BCUT2D eigenvalue weighted by Crippen LogP contribution is 2.28. The van der Waals surface area contributed by atoms with Gasteiger partial charge in [-0.1, -0.05) is 13.8 Å². The van der Waals surface area contributed by atoms with Crippen molar-refractivity contribution in [2.75, 3.05) is 6.54 Å². The molecular formula is C11H22N2O. The molecule has 1 rings (SSSR count). The van der Waals surface area contributed by atoms with E-state index >= 15 is 0 Å². The molecule has 0 aromatic rings. The molecule has 3 heteroatoms. The van der Waals surface area contributed by atoms with E-state index in [9.17, 15) is 4.79 Å². The van der Waals surface area contributed by atoms with Gasteiger partial charge >= 0.3 is 0 Å². The molecule has 1 aliphatic carbocycles. The third-order valence-electron chi connectivity index (χ3n) is 3.49. The summed E-state index contributed by atoms with van der Waals surface area (Å²) in [6.45, 7) is 6.59. The van der Waals surface area contributed by atoms with Gasteiger partial charge < -0.3 is 11.1 Å². The van der Waals surface area contributed by atoms with Crippen molar-refractivity contribution < 1.29 is 4.79 Å². The molecule has 1 aliphatic rings. The summed E-state index contributed by atoms with van der Waals surface area (Å²) in [5, 5.41) is 3.07. The quantitative estimate of drug-likeness (QED) is 0.715. The van der Waals surface area contributed by atoms with Gasteiger partial charge in [-0.05, 0) is 32.1 Å². The number of nitrogens with one attached hydrogen (secondary N) is 1. The first-order chi connectivity index (χ1) is 6.51. The van der Waals surface area contributed by atoms with Crippen LogP contribution in [0.1, 0.15) is 40.0 Å². The number of rotatable bonds is 4. The van der Waals surface area contributed by atoms with Crippen LogP contribution in [0.3, 0.4) is 0 Å². The predicted octanol–water partition coefficient (Wildman–Crippen LogP) is 1.28. The highest BCUT2D eigenvalue weighted by atomic mass is 16.2. The molecule has 1 fully saturated rings. The van der Waals surface area contributed by atoms with E-state index in [0.717, 1.165) is 25.2 Å². The van der Waals surface area contributed by atoms with Gasteiger partial charge in [0.2, 0.25) is 5.91 Å². The maximum Gasteiger partial charge on any atom is 0.227 e. The Morgan fingerprint density at radius 2 is 2.14 bits per heavy atom. The number of carbonyl (C=O) groups excluding carboxylic acids is 1. The van der Waals surface area contributed by atoms with Crippen LogP contribution < -0.4 is 11.1 Å². The first kappa shape index (κ1) is 11.5. The highest BCUT2D eigenvalue weighted by molar-refractivity contribution is 5.82. The fraction of sp³-hybridized carbons (Fsp3) is 0.909. The fourth-order valence-corrected chi connectivity index (χ4v) is 1.78. The molecule has 1 atom stereocenters. The number of nitrogens with two attached hydrogens (primary N) is 1. The Balaban J connectivity index is 2.40. The summed E-state index contributed by atoms with van der Waals surface area (Å²) >= 11 is 0. The number of hydrogen-bond acceptors (Lipinski definition) is 2. The van der Waals surface area contributed by atoms with Crippen molar-refractivity contribution in [2.45, 2.75) is 46.1 Å². The summed E-state index contributed by atoms with van der Waals surface area (Å²) in [5.41, 5.74) is 5.24. The van der Waals surface area contributed by atoms with E-state index in [0.29, 0.717) is 12.6 Å². The number of carbonyl (C=O) groups is 1. The van der Waals surface area contributed by atoms with Gasteiger partial charge in [0.05, 0.1) is 5.41 Å². The Hall–Kier alpha value is -0.570. The summed E-state index contributed by atoms with van der Waals surface area (Å²) in [6, 6.07) is 0.398. The lowest BCUT2D eigenvalue weighted by molar-refractivity contribution is -0.131.